The van der Waals surface area contributed by atoms with E-state index in [-0.39, 0.29) is 12.5 Å². The van der Waals surface area contributed by atoms with Gasteiger partial charge in [-0.15, -0.1) is 0 Å². The number of nitrogens with zero attached hydrogens (tertiary/aromatic N) is 2. The van der Waals surface area contributed by atoms with Gasteiger partial charge in [0.1, 0.15) is 0 Å². The first-order valence-corrected chi connectivity index (χ1v) is 5.54. The van der Waals surface area contributed by atoms with Gasteiger partial charge in [-0.25, -0.2) is 14.3 Å². The van der Waals surface area contributed by atoms with Crippen LogP contribution in [0.3, 0.4) is 0 Å². The third kappa shape index (κ3) is 1.07. The van der Waals surface area contributed by atoms with E-state index in [1.165, 1.54) is 0 Å². The number of H-pyrrole nitrogens is 1. The van der Waals surface area contributed by atoms with E-state index in [2.05, 4.69) is 10.2 Å². The van der Waals surface area contributed by atoms with Crippen LogP contribution >= 0.6 is 0 Å². The van der Waals surface area contributed by atoms with Crippen LogP contribution in [-0.2, 0) is 0 Å². The number of aromatic amines is 1. The predicted octanol–water partition coefficient (Wildman–Crippen LogP) is 1.21. The van der Waals surface area contributed by atoms with E-state index < -0.39 is 0 Å². The first-order chi connectivity index (χ1) is 8.74. The van der Waals surface area contributed by atoms with Crippen LogP contribution in [0.4, 0.5) is 0 Å². The normalized spacial score (nSPS) is 13.6. The Bertz CT molecular complexity index is 847. The Morgan fingerprint density at radius 3 is 2.89 bits per heavy atom. The van der Waals surface area contributed by atoms with Gasteiger partial charge in [-0.2, -0.15) is 5.10 Å². The summed E-state index contributed by atoms with van der Waals surface area (Å²) in [5.74, 6) is 1.36. The molecule has 18 heavy (non-hydrogen) atoms. The Kier molecular flexibility index (Phi) is 1.61. The average molecular weight is 243 g/mol. The summed E-state index contributed by atoms with van der Waals surface area (Å²) in [6.07, 6.45) is 0. The SMILES string of the molecule is Cc1cc2cc3c(cc2n2c(=O)[nH]nc12)OCO3. The molecule has 0 saturated heterocycles. The molecule has 0 amide bonds. The van der Waals surface area contributed by atoms with Crippen LogP contribution in [0.25, 0.3) is 16.6 Å². The van der Waals surface area contributed by atoms with E-state index in [1.54, 1.807) is 10.5 Å². The van der Waals surface area contributed by atoms with Crippen molar-refractivity contribution in [3.63, 3.8) is 0 Å². The smallest absolute Gasteiger partial charge is 0.348 e. The van der Waals surface area contributed by atoms with Crippen molar-refractivity contribution in [3.05, 3.63) is 34.2 Å². The topological polar surface area (TPSA) is 68.6 Å². The lowest BCUT2D eigenvalue weighted by molar-refractivity contribution is 0.174. The minimum Gasteiger partial charge on any atom is -0.454 e. The number of fused-ring (bicyclic) bond motifs is 4. The molecule has 1 aromatic carbocycles. The third-order valence-electron chi connectivity index (χ3n) is 3.16. The molecule has 6 heteroatoms. The van der Waals surface area contributed by atoms with Crippen molar-refractivity contribution in [2.75, 3.05) is 6.79 Å². The lowest BCUT2D eigenvalue weighted by Crippen LogP contribution is -2.10. The minimum absolute atomic E-state index is 0.216. The van der Waals surface area contributed by atoms with Gasteiger partial charge in [0.2, 0.25) is 6.79 Å². The second-order valence-electron chi connectivity index (χ2n) is 4.28. The summed E-state index contributed by atoms with van der Waals surface area (Å²) in [7, 11) is 0. The summed E-state index contributed by atoms with van der Waals surface area (Å²) in [6, 6.07) is 5.66. The van der Waals surface area contributed by atoms with Gasteiger partial charge in [0, 0.05) is 11.5 Å². The summed E-state index contributed by atoms with van der Waals surface area (Å²) < 4.78 is 12.2. The molecule has 3 aromatic rings. The van der Waals surface area contributed by atoms with Crippen molar-refractivity contribution in [1.29, 1.82) is 0 Å². The number of pyridine rings is 1. The molecule has 0 spiro atoms. The average Bonchev–Trinajstić information content (AvgIpc) is 2.93. The molecule has 0 saturated carbocycles. The van der Waals surface area contributed by atoms with Gasteiger partial charge in [0.15, 0.2) is 17.1 Å². The molecule has 1 N–H and O–H groups in total. The monoisotopic (exact) mass is 243 g/mol. The lowest BCUT2D eigenvalue weighted by atomic mass is 10.1. The van der Waals surface area contributed by atoms with E-state index in [1.807, 2.05) is 19.1 Å². The molecule has 1 aliphatic rings. The number of nitrogens with one attached hydrogen (secondary N) is 1. The van der Waals surface area contributed by atoms with Crippen molar-refractivity contribution >= 4 is 16.6 Å². The van der Waals surface area contributed by atoms with Gasteiger partial charge in [-0.3, -0.25) is 0 Å². The van der Waals surface area contributed by atoms with Crippen molar-refractivity contribution in [2.45, 2.75) is 6.92 Å². The summed E-state index contributed by atoms with van der Waals surface area (Å²) >= 11 is 0. The van der Waals surface area contributed by atoms with Gasteiger partial charge in [-0.05, 0) is 24.6 Å². The molecule has 2 aromatic heterocycles. The van der Waals surface area contributed by atoms with E-state index in [9.17, 15) is 4.79 Å². The summed E-state index contributed by atoms with van der Waals surface area (Å²) in [5.41, 5.74) is 2.07. The van der Waals surface area contributed by atoms with Crippen LogP contribution in [0.2, 0.25) is 0 Å². The maximum atomic E-state index is 11.8. The fourth-order valence-corrected chi connectivity index (χ4v) is 2.34. The molecule has 0 fully saturated rings. The highest BCUT2D eigenvalue weighted by atomic mass is 16.7. The molecule has 0 unspecified atom stereocenters. The van der Waals surface area contributed by atoms with Crippen LogP contribution in [0.5, 0.6) is 11.5 Å². The van der Waals surface area contributed by atoms with Crippen molar-refractivity contribution in [2.24, 2.45) is 0 Å². The molecule has 3 heterocycles. The quantitative estimate of drug-likeness (QED) is 0.644. The van der Waals surface area contributed by atoms with Crippen LogP contribution in [0.1, 0.15) is 5.56 Å². The van der Waals surface area contributed by atoms with Crippen molar-refractivity contribution in [3.8, 4) is 11.5 Å². The van der Waals surface area contributed by atoms with Crippen LogP contribution in [0.15, 0.2) is 23.0 Å². The van der Waals surface area contributed by atoms with Gasteiger partial charge in [0.05, 0.1) is 5.52 Å². The number of hydrogen-bond acceptors (Lipinski definition) is 4. The lowest BCUT2D eigenvalue weighted by Gasteiger charge is -2.05. The Labute approximate surface area is 101 Å². The number of benzene rings is 1. The van der Waals surface area contributed by atoms with Gasteiger partial charge >= 0.3 is 5.69 Å². The first kappa shape index (κ1) is 9.52. The Balaban J connectivity index is 2.27. The minimum atomic E-state index is -0.252. The second-order valence-corrected chi connectivity index (χ2v) is 4.28. The van der Waals surface area contributed by atoms with E-state index >= 15 is 0 Å². The molecular formula is C12H9N3O3. The summed E-state index contributed by atoms with van der Waals surface area (Å²) in [4.78, 5) is 11.8. The Hall–Kier alpha value is -2.50. The van der Waals surface area contributed by atoms with Gasteiger partial charge < -0.3 is 9.47 Å². The number of aryl methyl sites for hydroxylation is 1. The fourth-order valence-electron chi connectivity index (χ4n) is 2.34. The predicted molar refractivity (Wildman–Crippen MR) is 64.2 cm³/mol. The molecule has 0 aliphatic carbocycles. The van der Waals surface area contributed by atoms with Crippen LogP contribution in [-0.4, -0.2) is 21.4 Å². The Morgan fingerprint density at radius 1 is 1.28 bits per heavy atom. The van der Waals surface area contributed by atoms with Crippen molar-refractivity contribution in [1.82, 2.24) is 14.6 Å². The number of rotatable bonds is 0. The zero-order chi connectivity index (χ0) is 12.3. The zero-order valence-electron chi connectivity index (χ0n) is 9.56. The molecule has 90 valence electrons. The van der Waals surface area contributed by atoms with Crippen molar-refractivity contribution < 1.29 is 9.47 Å². The van der Waals surface area contributed by atoms with E-state index in [4.69, 9.17) is 9.47 Å². The van der Waals surface area contributed by atoms with Gasteiger partial charge in [0.25, 0.3) is 0 Å². The molecule has 0 bridgehead atoms. The highest BCUT2D eigenvalue weighted by Gasteiger charge is 2.17. The first-order valence-electron chi connectivity index (χ1n) is 5.54. The largest absolute Gasteiger partial charge is 0.454 e. The van der Waals surface area contributed by atoms with E-state index in [0.29, 0.717) is 17.1 Å². The summed E-state index contributed by atoms with van der Waals surface area (Å²) in [5, 5.41) is 7.40. The number of hydrogen-bond donors (Lipinski definition) is 1. The maximum Gasteiger partial charge on any atom is 0.348 e. The highest BCUT2D eigenvalue weighted by molar-refractivity contribution is 5.86. The standard InChI is InChI=1S/C12H9N3O3/c1-6-2-7-3-9-10(18-5-17-9)4-8(7)15-11(6)13-14-12(15)16/h2-4H,5H2,1H3,(H,14,16). The third-order valence-corrected chi connectivity index (χ3v) is 3.16. The zero-order valence-corrected chi connectivity index (χ0v) is 9.56. The molecule has 0 radical (unpaired) electrons. The molecule has 0 atom stereocenters. The molecule has 1 aliphatic heterocycles. The summed E-state index contributed by atoms with van der Waals surface area (Å²) in [6.45, 7) is 2.13. The molecular weight excluding hydrogens is 234 g/mol. The number of ether oxygens (including phenoxy) is 2. The van der Waals surface area contributed by atoms with Gasteiger partial charge in [-0.1, -0.05) is 0 Å². The van der Waals surface area contributed by atoms with Crippen LogP contribution in [0, 0.1) is 6.92 Å². The second kappa shape index (κ2) is 3.04. The van der Waals surface area contributed by atoms with Crippen LogP contribution < -0.4 is 15.2 Å². The highest BCUT2D eigenvalue weighted by Crippen LogP contribution is 2.36. The maximum absolute atomic E-state index is 11.8. The Morgan fingerprint density at radius 2 is 2.06 bits per heavy atom. The number of aromatic nitrogens is 3. The molecule has 6 nitrogen and oxygen atoms in total. The van der Waals surface area contributed by atoms with E-state index in [0.717, 1.165) is 16.5 Å². The molecule has 4 rings (SSSR count). The fraction of sp³-hybridized carbons (Fsp3) is 0.167.